The van der Waals surface area contributed by atoms with Crippen molar-refractivity contribution in [3.8, 4) is 0 Å². The molecule has 1 aliphatic rings. The van der Waals surface area contributed by atoms with Gasteiger partial charge in [-0.15, -0.1) is 0 Å². The molecule has 1 fully saturated rings. The van der Waals surface area contributed by atoms with Crippen LogP contribution in [0.15, 0.2) is 43.1 Å². The lowest BCUT2D eigenvalue weighted by atomic mass is 9.59. The van der Waals surface area contributed by atoms with Gasteiger partial charge < -0.3 is 0 Å². The summed E-state index contributed by atoms with van der Waals surface area (Å²) in [5.41, 5.74) is 2.24. The fourth-order valence-electron chi connectivity index (χ4n) is 4.59. The van der Waals surface area contributed by atoms with Crippen LogP contribution in [0.25, 0.3) is 6.08 Å². The lowest BCUT2D eigenvalue weighted by molar-refractivity contribution is -0.137. The van der Waals surface area contributed by atoms with Crippen LogP contribution in [0, 0.1) is 24.2 Å². The van der Waals surface area contributed by atoms with Crippen molar-refractivity contribution < 1.29 is 18.0 Å². The summed E-state index contributed by atoms with van der Waals surface area (Å²) in [7, 11) is 0. The van der Waals surface area contributed by atoms with Gasteiger partial charge in [0.05, 0.1) is 5.56 Å². The van der Waals surface area contributed by atoms with E-state index in [0.29, 0.717) is 18.3 Å². The summed E-state index contributed by atoms with van der Waals surface area (Å²) in [5.74, 6) is 0.920. The maximum Gasteiger partial charge on any atom is 0.417 e. The van der Waals surface area contributed by atoms with E-state index in [9.17, 15) is 18.0 Å². The highest BCUT2D eigenvalue weighted by molar-refractivity contribution is 5.95. The Bertz CT molecular complexity index is 955. The van der Waals surface area contributed by atoms with Gasteiger partial charge in [0.1, 0.15) is 5.69 Å². The smallest absolute Gasteiger partial charge is 0.292 e. The van der Waals surface area contributed by atoms with E-state index in [1.165, 1.54) is 12.5 Å². The number of aromatic nitrogens is 1. The quantitative estimate of drug-likeness (QED) is 0.412. The number of hydrogen-bond donors (Lipinski definition) is 0. The van der Waals surface area contributed by atoms with E-state index in [0.717, 1.165) is 43.5 Å². The van der Waals surface area contributed by atoms with E-state index in [2.05, 4.69) is 43.6 Å². The predicted molar refractivity (Wildman–Crippen MR) is 118 cm³/mol. The number of carbonyl (C=O) groups excluding carboxylic acids is 1. The molecule has 0 aliphatic heterocycles. The van der Waals surface area contributed by atoms with Crippen molar-refractivity contribution >= 4 is 11.9 Å². The van der Waals surface area contributed by atoms with Gasteiger partial charge in [0.25, 0.3) is 0 Å². The summed E-state index contributed by atoms with van der Waals surface area (Å²) >= 11 is 0. The van der Waals surface area contributed by atoms with Gasteiger partial charge >= 0.3 is 6.18 Å². The molecule has 0 atom stereocenters. The minimum absolute atomic E-state index is 0.159. The standard InChI is InChI=1S/C26H30F3NO/c1-5-18-7-6-8-20(12-18)15-25(3,4)21-13-19(14-21)9-10-23(31)24-17(2)11-22(16-30-24)26(27,28)29/h5-8,11-12,16,19,21H,1,9-10,13-15H2,2-4H3. The molecule has 0 spiro atoms. The fourth-order valence-corrected chi connectivity index (χ4v) is 4.59. The average Bonchev–Trinajstić information content (AvgIpc) is 2.65. The monoisotopic (exact) mass is 429 g/mol. The summed E-state index contributed by atoms with van der Waals surface area (Å²) in [4.78, 5) is 16.3. The molecule has 0 N–H and O–H groups in total. The molecule has 1 aromatic heterocycles. The van der Waals surface area contributed by atoms with Gasteiger partial charge in [-0.2, -0.15) is 13.2 Å². The highest BCUT2D eigenvalue weighted by Crippen LogP contribution is 2.48. The van der Waals surface area contributed by atoms with Gasteiger partial charge in [0.2, 0.25) is 0 Å². The third-order valence-electron chi connectivity index (χ3n) is 6.64. The lowest BCUT2D eigenvalue weighted by Gasteiger charge is -2.46. The zero-order valence-electron chi connectivity index (χ0n) is 18.4. The number of benzene rings is 1. The largest absolute Gasteiger partial charge is 0.417 e. The van der Waals surface area contributed by atoms with E-state index >= 15 is 0 Å². The van der Waals surface area contributed by atoms with Gasteiger partial charge in [-0.3, -0.25) is 9.78 Å². The number of nitrogens with zero attached hydrogens (tertiary/aromatic N) is 1. The number of alkyl halides is 3. The Kier molecular flexibility index (Phi) is 6.73. The van der Waals surface area contributed by atoms with Crippen molar-refractivity contribution in [1.82, 2.24) is 4.98 Å². The van der Waals surface area contributed by atoms with Crippen molar-refractivity contribution in [1.29, 1.82) is 0 Å². The van der Waals surface area contributed by atoms with Crippen LogP contribution in [0.5, 0.6) is 0 Å². The van der Waals surface area contributed by atoms with Crippen LogP contribution in [0.2, 0.25) is 0 Å². The fraction of sp³-hybridized carbons (Fsp3) is 0.462. The third-order valence-corrected chi connectivity index (χ3v) is 6.64. The molecule has 1 aliphatic carbocycles. The molecule has 1 aromatic carbocycles. The molecule has 0 radical (unpaired) electrons. The molecule has 2 nitrogen and oxygen atoms in total. The molecule has 0 amide bonds. The van der Waals surface area contributed by atoms with Crippen molar-refractivity contribution in [3.05, 3.63) is 71.1 Å². The lowest BCUT2D eigenvalue weighted by Crippen LogP contribution is -2.37. The minimum Gasteiger partial charge on any atom is -0.292 e. The van der Waals surface area contributed by atoms with Crippen LogP contribution in [-0.4, -0.2) is 10.8 Å². The molecular formula is C26H30F3NO. The Hall–Kier alpha value is -2.43. The molecule has 0 unspecified atom stereocenters. The SMILES string of the molecule is C=Cc1cccc(CC(C)(C)C2CC(CCC(=O)c3ncc(C(F)(F)F)cc3C)C2)c1. The van der Waals surface area contributed by atoms with E-state index in [-0.39, 0.29) is 22.5 Å². The first-order valence-electron chi connectivity index (χ1n) is 10.8. The normalized spacial score (nSPS) is 19.0. The number of carbonyl (C=O) groups is 1. The summed E-state index contributed by atoms with van der Waals surface area (Å²) in [6.07, 6.45) is 2.43. The minimum atomic E-state index is -4.44. The Morgan fingerprint density at radius 1 is 1.23 bits per heavy atom. The Morgan fingerprint density at radius 2 is 1.94 bits per heavy atom. The predicted octanol–water partition coefficient (Wildman–Crippen LogP) is 7.31. The van der Waals surface area contributed by atoms with Crippen molar-refractivity contribution in [2.45, 2.75) is 59.1 Å². The molecule has 31 heavy (non-hydrogen) atoms. The summed E-state index contributed by atoms with van der Waals surface area (Å²) in [6, 6.07) is 9.46. The van der Waals surface area contributed by atoms with Crippen molar-refractivity contribution in [2.24, 2.45) is 17.3 Å². The van der Waals surface area contributed by atoms with Crippen LogP contribution in [0.4, 0.5) is 13.2 Å². The summed E-state index contributed by atoms with van der Waals surface area (Å²) in [5, 5.41) is 0. The van der Waals surface area contributed by atoms with Gasteiger partial charge in [0.15, 0.2) is 5.78 Å². The number of hydrogen-bond acceptors (Lipinski definition) is 2. The first-order valence-corrected chi connectivity index (χ1v) is 10.8. The zero-order valence-corrected chi connectivity index (χ0v) is 18.4. The highest BCUT2D eigenvalue weighted by Gasteiger charge is 2.39. The van der Waals surface area contributed by atoms with Crippen LogP contribution < -0.4 is 0 Å². The topological polar surface area (TPSA) is 30.0 Å². The Morgan fingerprint density at radius 3 is 2.55 bits per heavy atom. The molecule has 3 rings (SSSR count). The molecule has 2 aromatic rings. The molecule has 1 heterocycles. The highest BCUT2D eigenvalue weighted by atomic mass is 19.4. The first kappa shape index (κ1) is 23.2. The third kappa shape index (κ3) is 5.63. The molecule has 5 heteroatoms. The molecule has 0 saturated heterocycles. The summed E-state index contributed by atoms with van der Waals surface area (Å²) in [6.45, 7) is 9.95. The summed E-state index contributed by atoms with van der Waals surface area (Å²) < 4.78 is 38.4. The van der Waals surface area contributed by atoms with Crippen LogP contribution in [0.1, 0.15) is 72.3 Å². The number of halogens is 3. The van der Waals surface area contributed by atoms with Crippen LogP contribution >= 0.6 is 0 Å². The first-order chi connectivity index (χ1) is 14.5. The number of pyridine rings is 1. The van der Waals surface area contributed by atoms with Gasteiger partial charge in [-0.25, -0.2) is 0 Å². The van der Waals surface area contributed by atoms with E-state index < -0.39 is 11.7 Å². The number of aryl methyl sites for hydroxylation is 1. The van der Waals surface area contributed by atoms with Gasteiger partial charge in [-0.05, 0) is 72.6 Å². The molecule has 0 bridgehead atoms. The second-order valence-electron chi connectivity index (χ2n) is 9.50. The molecule has 166 valence electrons. The molecule has 1 saturated carbocycles. The second-order valence-corrected chi connectivity index (χ2v) is 9.50. The van der Waals surface area contributed by atoms with Crippen molar-refractivity contribution in [2.75, 3.05) is 0 Å². The maximum atomic E-state index is 12.8. The number of rotatable bonds is 8. The van der Waals surface area contributed by atoms with Gasteiger partial charge in [0, 0.05) is 12.6 Å². The zero-order chi connectivity index (χ0) is 22.8. The van der Waals surface area contributed by atoms with E-state index in [1.54, 1.807) is 0 Å². The molecular weight excluding hydrogens is 399 g/mol. The number of Topliss-reactive ketones (excluding diaryl/α,β-unsaturated/α-hetero) is 1. The van der Waals surface area contributed by atoms with Crippen LogP contribution in [0.3, 0.4) is 0 Å². The second kappa shape index (κ2) is 8.97. The maximum absolute atomic E-state index is 12.8. The van der Waals surface area contributed by atoms with E-state index in [1.807, 2.05) is 12.1 Å². The number of ketones is 1. The van der Waals surface area contributed by atoms with Gasteiger partial charge in [-0.1, -0.05) is 50.8 Å². The van der Waals surface area contributed by atoms with Crippen molar-refractivity contribution in [3.63, 3.8) is 0 Å². The van der Waals surface area contributed by atoms with Crippen LogP contribution in [-0.2, 0) is 12.6 Å². The Labute approximate surface area is 182 Å². The van der Waals surface area contributed by atoms with E-state index in [4.69, 9.17) is 0 Å². The average molecular weight is 430 g/mol. The Balaban J connectivity index is 1.50.